The monoisotopic (exact) mass is 358 g/mol. The molecular formula is C23H25F3. The maximum atomic E-state index is 14.8. The molecule has 2 aromatic carbocycles. The fourth-order valence-electron chi connectivity index (χ4n) is 5.18. The molecule has 0 heterocycles. The van der Waals surface area contributed by atoms with Gasteiger partial charge in [0.05, 0.1) is 0 Å². The average molecular weight is 358 g/mol. The first-order valence-electron chi connectivity index (χ1n) is 9.84. The van der Waals surface area contributed by atoms with Crippen LogP contribution in [0.3, 0.4) is 0 Å². The number of hydrogen-bond acceptors (Lipinski definition) is 0. The van der Waals surface area contributed by atoms with Gasteiger partial charge in [0, 0.05) is 5.56 Å². The minimum atomic E-state index is -0.936. The van der Waals surface area contributed by atoms with Crippen molar-refractivity contribution in [3.8, 4) is 11.1 Å². The van der Waals surface area contributed by atoms with Gasteiger partial charge < -0.3 is 0 Å². The minimum Gasteiger partial charge on any atom is -0.206 e. The molecule has 1 saturated carbocycles. The maximum Gasteiger partial charge on any atom is 0.159 e. The Hall–Kier alpha value is -1.77. The lowest BCUT2D eigenvalue weighted by Gasteiger charge is -2.41. The number of aryl methyl sites for hydroxylation is 1. The molecule has 138 valence electrons. The molecule has 2 aliphatic carbocycles. The first kappa shape index (κ1) is 17.6. The molecule has 0 spiro atoms. The van der Waals surface area contributed by atoms with Gasteiger partial charge in [-0.3, -0.25) is 0 Å². The lowest BCUT2D eigenvalue weighted by Crippen LogP contribution is -2.28. The van der Waals surface area contributed by atoms with E-state index in [2.05, 4.69) is 6.92 Å². The van der Waals surface area contributed by atoms with E-state index < -0.39 is 11.6 Å². The average Bonchev–Trinajstić information content (AvgIpc) is 2.63. The van der Waals surface area contributed by atoms with E-state index in [1.807, 2.05) is 6.07 Å². The summed E-state index contributed by atoms with van der Waals surface area (Å²) in [4.78, 5) is 0. The van der Waals surface area contributed by atoms with Gasteiger partial charge in [0.15, 0.2) is 11.6 Å². The second-order valence-corrected chi connectivity index (χ2v) is 8.03. The summed E-state index contributed by atoms with van der Waals surface area (Å²) in [5, 5.41) is 0. The van der Waals surface area contributed by atoms with Crippen molar-refractivity contribution in [2.24, 2.45) is 11.8 Å². The summed E-state index contributed by atoms with van der Waals surface area (Å²) >= 11 is 0. The molecule has 0 bridgehead atoms. The molecule has 0 aromatic heterocycles. The summed E-state index contributed by atoms with van der Waals surface area (Å²) < 4.78 is 41.6. The Morgan fingerprint density at radius 1 is 0.923 bits per heavy atom. The molecule has 0 aliphatic heterocycles. The van der Waals surface area contributed by atoms with E-state index in [9.17, 15) is 13.2 Å². The molecule has 3 atom stereocenters. The second-order valence-electron chi connectivity index (χ2n) is 8.03. The molecule has 0 nitrogen and oxygen atoms in total. The van der Waals surface area contributed by atoms with E-state index in [-0.39, 0.29) is 5.82 Å². The molecule has 4 rings (SSSR count). The fraction of sp³-hybridized carbons (Fsp3) is 0.478. The maximum absolute atomic E-state index is 14.8. The van der Waals surface area contributed by atoms with Crippen LogP contribution in [0.25, 0.3) is 11.1 Å². The van der Waals surface area contributed by atoms with Gasteiger partial charge in [-0.2, -0.15) is 0 Å². The molecule has 3 unspecified atom stereocenters. The quantitative estimate of drug-likeness (QED) is 0.553. The second kappa shape index (κ2) is 7.09. The summed E-state index contributed by atoms with van der Waals surface area (Å²) in [6.07, 6.45) is 8.30. The summed E-state index contributed by atoms with van der Waals surface area (Å²) in [5.41, 5.74) is 3.11. The van der Waals surface area contributed by atoms with Crippen LogP contribution in [0.1, 0.15) is 62.5 Å². The van der Waals surface area contributed by atoms with Crippen LogP contribution in [0, 0.1) is 29.3 Å². The van der Waals surface area contributed by atoms with E-state index in [1.54, 1.807) is 6.07 Å². The Morgan fingerprint density at radius 2 is 1.77 bits per heavy atom. The summed E-state index contributed by atoms with van der Waals surface area (Å²) in [6, 6.07) is 7.13. The van der Waals surface area contributed by atoms with Crippen molar-refractivity contribution in [2.75, 3.05) is 0 Å². The van der Waals surface area contributed by atoms with Crippen molar-refractivity contribution in [3.63, 3.8) is 0 Å². The third-order valence-electron chi connectivity index (χ3n) is 6.43. The molecule has 0 amide bonds. The van der Waals surface area contributed by atoms with Gasteiger partial charge in [-0.25, -0.2) is 13.2 Å². The summed E-state index contributed by atoms with van der Waals surface area (Å²) in [5.74, 6) is -0.213. The number of fused-ring (bicyclic) bond motifs is 3. The van der Waals surface area contributed by atoms with Gasteiger partial charge in [0.25, 0.3) is 0 Å². The Morgan fingerprint density at radius 3 is 2.54 bits per heavy atom. The van der Waals surface area contributed by atoms with Gasteiger partial charge in [-0.05, 0) is 90.8 Å². The molecule has 0 saturated heterocycles. The van der Waals surface area contributed by atoms with Gasteiger partial charge in [0.1, 0.15) is 5.82 Å². The van der Waals surface area contributed by atoms with Gasteiger partial charge in [-0.1, -0.05) is 25.8 Å². The van der Waals surface area contributed by atoms with E-state index in [0.29, 0.717) is 23.0 Å². The van der Waals surface area contributed by atoms with E-state index in [0.717, 1.165) is 42.9 Å². The van der Waals surface area contributed by atoms with E-state index in [1.165, 1.54) is 37.3 Å². The molecule has 2 aromatic rings. The molecule has 3 heteroatoms. The first-order valence-corrected chi connectivity index (χ1v) is 9.84. The number of halogens is 3. The normalized spacial score (nSPS) is 24.8. The summed E-state index contributed by atoms with van der Waals surface area (Å²) in [6.45, 7) is 2.25. The lowest BCUT2D eigenvalue weighted by atomic mass is 9.64. The van der Waals surface area contributed by atoms with Crippen molar-refractivity contribution in [1.82, 2.24) is 0 Å². The number of benzene rings is 2. The third-order valence-corrected chi connectivity index (χ3v) is 6.43. The van der Waals surface area contributed by atoms with Crippen molar-refractivity contribution in [3.05, 3.63) is 58.9 Å². The number of hydrogen-bond donors (Lipinski definition) is 0. The topological polar surface area (TPSA) is 0 Å². The highest BCUT2D eigenvalue weighted by Crippen LogP contribution is 2.48. The number of rotatable bonds is 3. The minimum absolute atomic E-state index is 0.328. The molecule has 26 heavy (non-hydrogen) atoms. The van der Waals surface area contributed by atoms with Crippen molar-refractivity contribution < 1.29 is 13.2 Å². The largest absolute Gasteiger partial charge is 0.206 e. The standard InChI is InChI=1S/C23H25F3/c1-2-3-14-4-8-18-15(10-14)5-6-16-11-20(22(25)13-19(16)18)17-7-9-21(24)23(26)12-17/h7,9,11-15,18H,2-6,8,10H2,1H3. The predicted molar refractivity (Wildman–Crippen MR) is 98.6 cm³/mol. The van der Waals surface area contributed by atoms with Crippen molar-refractivity contribution in [2.45, 2.75) is 57.8 Å². The smallest absolute Gasteiger partial charge is 0.159 e. The van der Waals surface area contributed by atoms with Crippen LogP contribution in [0.5, 0.6) is 0 Å². The zero-order valence-corrected chi connectivity index (χ0v) is 15.2. The SMILES string of the molecule is CCCC1CCC2c3cc(F)c(-c4ccc(F)c(F)c4)cc3CCC2C1. The highest BCUT2D eigenvalue weighted by molar-refractivity contribution is 5.66. The molecular weight excluding hydrogens is 333 g/mol. The van der Waals surface area contributed by atoms with Crippen LogP contribution in [0.4, 0.5) is 13.2 Å². The van der Waals surface area contributed by atoms with Gasteiger partial charge >= 0.3 is 0 Å². The van der Waals surface area contributed by atoms with Crippen LogP contribution in [-0.2, 0) is 6.42 Å². The fourth-order valence-corrected chi connectivity index (χ4v) is 5.18. The molecule has 1 fully saturated rings. The molecule has 0 N–H and O–H groups in total. The van der Waals surface area contributed by atoms with Crippen LogP contribution in [0.15, 0.2) is 30.3 Å². The lowest BCUT2D eigenvalue weighted by molar-refractivity contribution is 0.201. The molecule has 0 radical (unpaired) electrons. The van der Waals surface area contributed by atoms with Crippen LogP contribution in [0.2, 0.25) is 0 Å². The van der Waals surface area contributed by atoms with Crippen molar-refractivity contribution in [1.29, 1.82) is 0 Å². The van der Waals surface area contributed by atoms with E-state index in [4.69, 9.17) is 0 Å². The van der Waals surface area contributed by atoms with Crippen molar-refractivity contribution >= 4 is 0 Å². The van der Waals surface area contributed by atoms with Gasteiger partial charge in [-0.15, -0.1) is 0 Å². The van der Waals surface area contributed by atoms with E-state index >= 15 is 0 Å². The van der Waals surface area contributed by atoms with Crippen LogP contribution >= 0.6 is 0 Å². The van der Waals surface area contributed by atoms with Crippen LogP contribution < -0.4 is 0 Å². The summed E-state index contributed by atoms with van der Waals surface area (Å²) in [7, 11) is 0. The zero-order valence-electron chi connectivity index (χ0n) is 15.2. The zero-order chi connectivity index (χ0) is 18.3. The Balaban J connectivity index is 1.65. The Labute approximate surface area is 153 Å². The predicted octanol–water partition coefficient (Wildman–Crippen LogP) is 7.02. The molecule has 2 aliphatic rings. The Bertz CT molecular complexity index is 811. The first-order chi connectivity index (χ1) is 12.6. The van der Waals surface area contributed by atoms with Gasteiger partial charge in [0.2, 0.25) is 0 Å². The highest BCUT2D eigenvalue weighted by Gasteiger charge is 2.35. The Kier molecular flexibility index (Phi) is 4.81. The highest BCUT2D eigenvalue weighted by atomic mass is 19.2. The van der Waals surface area contributed by atoms with Crippen LogP contribution in [-0.4, -0.2) is 0 Å². The third kappa shape index (κ3) is 3.17.